The Balaban J connectivity index is 1.90. The second kappa shape index (κ2) is 9.35. The Hall–Kier alpha value is -1.39. The van der Waals surface area contributed by atoms with Gasteiger partial charge in [0.1, 0.15) is 0 Å². The summed E-state index contributed by atoms with van der Waals surface area (Å²) in [4.78, 5) is 11.6. The van der Waals surface area contributed by atoms with E-state index in [1.807, 2.05) is 18.2 Å². The lowest BCUT2D eigenvalue weighted by Crippen LogP contribution is -2.54. The second-order valence-electron chi connectivity index (χ2n) is 7.73. The van der Waals surface area contributed by atoms with Gasteiger partial charge in [-0.25, -0.2) is 0 Å². The molecule has 0 saturated carbocycles. The third kappa shape index (κ3) is 6.79. The molecule has 0 spiro atoms. The van der Waals surface area contributed by atoms with Gasteiger partial charge in [0.25, 0.3) is 0 Å². The molecule has 1 aromatic rings. The number of rotatable bonds is 8. The minimum absolute atomic E-state index is 0.00280. The summed E-state index contributed by atoms with van der Waals surface area (Å²) in [5, 5.41) is 13.6. The molecule has 2 rings (SSSR count). The van der Waals surface area contributed by atoms with Gasteiger partial charge in [-0.3, -0.25) is 4.79 Å². The lowest BCUT2D eigenvalue weighted by Gasteiger charge is -2.43. The summed E-state index contributed by atoms with van der Waals surface area (Å²) in [6, 6.07) is 10.2. The van der Waals surface area contributed by atoms with Gasteiger partial charge in [0.15, 0.2) is 0 Å². The maximum Gasteiger partial charge on any atom is 0.217 e. The fraction of sp³-hybridized carbons (Fsp3) is 0.667. The first-order valence-corrected chi connectivity index (χ1v) is 9.56. The Morgan fingerprint density at radius 1 is 1.32 bits per heavy atom. The molecule has 0 bridgehead atoms. The molecule has 1 aliphatic heterocycles. The number of carbonyl (C=O) groups is 1. The zero-order valence-electron chi connectivity index (χ0n) is 15.8. The summed E-state index contributed by atoms with van der Waals surface area (Å²) in [6.45, 7) is 5.82. The number of nitrogens with one attached hydrogen (secondary N) is 1. The third-order valence-corrected chi connectivity index (χ3v) is 4.97. The van der Waals surface area contributed by atoms with Crippen molar-refractivity contribution in [2.24, 2.45) is 0 Å². The number of amides is 1. The van der Waals surface area contributed by atoms with Gasteiger partial charge in [0.2, 0.25) is 5.91 Å². The van der Waals surface area contributed by atoms with Gasteiger partial charge in [0.05, 0.1) is 18.3 Å². The monoisotopic (exact) mass is 347 g/mol. The van der Waals surface area contributed by atoms with Crippen LogP contribution in [0.15, 0.2) is 30.3 Å². The van der Waals surface area contributed by atoms with Gasteiger partial charge >= 0.3 is 0 Å². The summed E-state index contributed by atoms with van der Waals surface area (Å²) in [5.41, 5.74) is 1.01. The van der Waals surface area contributed by atoms with Crippen LogP contribution in [0.1, 0.15) is 64.9 Å². The van der Waals surface area contributed by atoms with Crippen molar-refractivity contribution in [3.05, 3.63) is 35.9 Å². The summed E-state index contributed by atoms with van der Waals surface area (Å²) in [7, 11) is 0. The van der Waals surface area contributed by atoms with Crippen LogP contribution < -0.4 is 5.32 Å². The van der Waals surface area contributed by atoms with Crippen molar-refractivity contribution in [2.75, 3.05) is 0 Å². The Morgan fingerprint density at radius 2 is 2.00 bits per heavy atom. The number of ether oxygens (including phenoxy) is 1. The van der Waals surface area contributed by atoms with Crippen LogP contribution >= 0.6 is 0 Å². The van der Waals surface area contributed by atoms with Gasteiger partial charge in [0, 0.05) is 12.5 Å². The first-order valence-electron chi connectivity index (χ1n) is 9.56. The molecule has 2 N–H and O–H groups in total. The quantitative estimate of drug-likeness (QED) is 0.755. The van der Waals surface area contributed by atoms with Crippen molar-refractivity contribution in [1.82, 2.24) is 5.32 Å². The second-order valence-corrected chi connectivity index (χ2v) is 7.73. The van der Waals surface area contributed by atoms with E-state index in [1.54, 1.807) is 6.92 Å². The van der Waals surface area contributed by atoms with Gasteiger partial charge in [-0.1, -0.05) is 43.7 Å². The predicted octanol–water partition coefficient (Wildman–Crippen LogP) is 3.61. The molecule has 1 fully saturated rings. The minimum atomic E-state index is -0.382. The maximum atomic E-state index is 11.6. The summed E-state index contributed by atoms with van der Waals surface area (Å²) in [6.07, 6.45) is 5.65. The number of carbonyl (C=O) groups excluding carboxylic acids is 1. The third-order valence-electron chi connectivity index (χ3n) is 4.97. The molecule has 4 atom stereocenters. The van der Waals surface area contributed by atoms with E-state index in [4.69, 9.17) is 4.74 Å². The van der Waals surface area contributed by atoms with Crippen LogP contribution in [0.2, 0.25) is 0 Å². The van der Waals surface area contributed by atoms with Crippen LogP contribution in [-0.4, -0.2) is 34.9 Å². The van der Waals surface area contributed by atoms with E-state index < -0.39 is 0 Å². The average molecular weight is 347 g/mol. The number of aryl methyl sites for hydroxylation is 1. The van der Waals surface area contributed by atoms with Crippen LogP contribution in [0, 0.1) is 0 Å². The molecule has 25 heavy (non-hydrogen) atoms. The molecule has 0 aliphatic carbocycles. The molecule has 1 aliphatic rings. The summed E-state index contributed by atoms with van der Waals surface area (Å²) in [5.74, 6) is 0.00280. The maximum absolute atomic E-state index is 11.6. The fourth-order valence-corrected chi connectivity index (χ4v) is 4.01. The highest BCUT2D eigenvalue weighted by molar-refractivity contribution is 5.73. The molecular formula is C21H33NO3. The standard InChI is InChI=1S/C21H33NO3/c1-4-8-19-14-21(3,22-16(2)23)15-20(25-19)13-18(24)12-11-17-9-6-5-7-10-17/h5-7,9-10,18-20,24H,4,8,11-15H2,1-3H3,(H,22,23)/t18-,19-,20+,21-/m0/s1. The zero-order valence-corrected chi connectivity index (χ0v) is 15.8. The smallest absolute Gasteiger partial charge is 0.217 e. The molecule has 140 valence electrons. The van der Waals surface area contributed by atoms with Gasteiger partial charge in [-0.2, -0.15) is 0 Å². The Kier molecular flexibility index (Phi) is 7.45. The first-order chi connectivity index (χ1) is 11.9. The van der Waals surface area contributed by atoms with Crippen molar-refractivity contribution in [1.29, 1.82) is 0 Å². The molecule has 0 radical (unpaired) electrons. The van der Waals surface area contributed by atoms with Crippen LogP contribution in [0.25, 0.3) is 0 Å². The highest BCUT2D eigenvalue weighted by atomic mass is 16.5. The van der Waals surface area contributed by atoms with Crippen molar-refractivity contribution in [3.8, 4) is 0 Å². The topological polar surface area (TPSA) is 58.6 Å². The molecular weight excluding hydrogens is 314 g/mol. The van der Waals surface area contributed by atoms with Crippen molar-refractivity contribution in [2.45, 2.75) is 89.6 Å². The molecule has 4 heteroatoms. The van der Waals surface area contributed by atoms with Crippen molar-refractivity contribution in [3.63, 3.8) is 0 Å². The molecule has 1 amide bonds. The average Bonchev–Trinajstić information content (AvgIpc) is 2.52. The molecule has 0 aromatic heterocycles. The van der Waals surface area contributed by atoms with Crippen LogP contribution in [-0.2, 0) is 16.0 Å². The van der Waals surface area contributed by atoms with E-state index in [9.17, 15) is 9.90 Å². The Morgan fingerprint density at radius 3 is 2.64 bits per heavy atom. The summed E-state index contributed by atoms with van der Waals surface area (Å²) < 4.78 is 6.22. The molecule has 4 nitrogen and oxygen atoms in total. The number of hydrogen-bond acceptors (Lipinski definition) is 3. The first kappa shape index (κ1) is 19.9. The lowest BCUT2D eigenvalue weighted by atomic mass is 9.82. The molecule has 1 aromatic carbocycles. The Bertz CT molecular complexity index is 533. The lowest BCUT2D eigenvalue weighted by molar-refractivity contribution is -0.128. The number of hydrogen-bond donors (Lipinski definition) is 2. The van der Waals surface area contributed by atoms with E-state index in [0.29, 0.717) is 6.42 Å². The predicted molar refractivity (Wildman–Crippen MR) is 100 cm³/mol. The van der Waals surface area contributed by atoms with Crippen molar-refractivity contribution < 1.29 is 14.6 Å². The van der Waals surface area contributed by atoms with Crippen LogP contribution in [0.5, 0.6) is 0 Å². The van der Waals surface area contributed by atoms with Gasteiger partial charge < -0.3 is 15.2 Å². The van der Waals surface area contributed by atoms with Crippen LogP contribution in [0.3, 0.4) is 0 Å². The number of benzene rings is 1. The highest BCUT2D eigenvalue weighted by Crippen LogP contribution is 2.33. The van der Waals surface area contributed by atoms with E-state index in [0.717, 1.165) is 38.5 Å². The van der Waals surface area contributed by atoms with E-state index in [1.165, 1.54) is 5.56 Å². The van der Waals surface area contributed by atoms with E-state index in [-0.39, 0.29) is 29.8 Å². The van der Waals surface area contributed by atoms with Gasteiger partial charge in [-0.05, 0) is 51.0 Å². The largest absolute Gasteiger partial charge is 0.393 e. The van der Waals surface area contributed by atoms with E-state index >= 15 is 0 Å². The fourth-order valence-electron chi connectivity index (χ4n) is 4.01. The zero-order chi connectivity index (χ0) is 18.3. The number of aliphatic hydroxyl groups is 1. The van der Waals surface area contributed by atoms with Crippen molar-refractivity contribution >= 4 is 5.91 Å². The SMILES string of the molecule is CCC[C@H]1C[C@](C)(NC(C)=O)C[C@@H](C[C@@H](O)CCc2ccccc2)O1. The van der Waals surface area contributed by atoms with E-state index in [2.05, 4.69) is 31.3 Å². The normalized spacial score (nSPS) is 27.7. The minimum Gasteiger partial charge on any atom is -0.393 e. The van der Waals surface area contributed by atoms with Crippen LogP contribution in [0.4, 0.5) is 0 Å². The molecule has 1 saturated heterocycles. The highest BCUT2D eigenvalue weighted by Gasteiger charge is 2.38. The molecule has 1 heterocycles. The van der Waals surface area contributed by atoms with Gasteiger partial charge in [-0.15, -0.1) is 0 Å². The Labute approximate surface area is 152 Å². The number of aliphatic hydroxyl groups excluding tert-OH is 1. The summed E-state index contributed by atoms with van der Waals surface area (Å²) >= 11 is 0. The molecule has 0 unspecified atom stereocenters.